The lowest BCUT2D eigenvalue weighted by atomic mass is 10.2. The fourth-order valence-electron chi connectivity index (χ4n) is 1.64. The monoisotopic (exact) mass is 249 g/mol. The number of nitrogen functional groups attached to an aromatic ring is 1. The van der Waals surface area contributed by atoms with E-state index >= 15 is 0 Å². The number of nitrogens with two attached hydrogens (primary N) is 1. The van der Waals surface area contributed by atoms with Crippen molar-refractivity contribution in [2.75, 3.05) is 5.73 Å². The van der Waals surface area contributed by atoms with Crippen molar-refractivity contribution in [1.82, 2.24) is 9.78 Å². The molecular weight excluding hydrogens is 233 g/mol. The number of ether oxygens (including phenoxy) is 1. The Morgan fingerprint density at radius 2 is 2.11 bits per heavy atom. The Bertz CT molecular complexity index is 578. The van der Waals surface area contributed by atoms with Crippen LogP contribution in [0.4, 0.5) is 10.1 Å². The van der Waals surface area contributed by atoms with Gasteiger partial charge < -0.3 is 10.5 Å². The zero-order valence-electron chi connectivity index (χ0n) is 10.7. The smallest absolute Gasteiger partial charge is 0.241 e. The minimum absolute atomic E-state index is 0.301. The van der Waals surface area contributed by atoms with Crippen LogP contribution in [0.15, 0.2) is 18.2 Å². The molecule has 1 aromatic carbocycles. The van der Waals surface area contributed by atoms with Crippen LogP contribution in [0.25, 0.3) is 0 Å². The molecule has 1 heterocycles. The molecule has 0 amide bonds. The number of rotatable bonds is 3. The van der Waals surface area contributed by atoms with Crippen LogP contribution in [0.1, 0.15) is 18.2 Å². The summed E-state index contributed by atoms with van der Waals surface area (Å²) in [6, 6.07) is 4.72. The Balaban J connectivity index is 2.36. The Kier molecular flexibility index (Phi) is 3.23. The fourth-order valence-corrected chi connectivity index (χ4v) is 1.64. The molecule has 0 unspecified atom stereocenters. The summed E-state index contributed by atoms with van der Waals surface area (Å²) in [6.07, 6.45) is 0. The first-order valence-electron chi connectivity index (χ1n) is 5.79. The molecule has 0 fully saturated rings. The molecule has 5 heteroatoms. The largest absolute Gasteiger partial charge is 0.437 e. The highest BCUT2D eigenvalue weighted by Gasteiger charge is 2.14. The van der Waals surface area contributed by atoms with E-state index in [0.29, 0.717) is 35.1 Å². The maximum Gasteiger partial charge on any atom is 0.241 e. The van der Waals surface area contributed by atoms with Crippen molar-refractivity contribution < 1.29 is 9.13 Å². The van der Waals surface area contributed by atoms with Gasteiger partial charge in [-0.1, -0.05) is 6.07 Å². The van der Waals surface area contributed by atoms with Crippen LogP contribution >= 0.6 is 0 Å². The van der Waals surface area contributed by atoms with Gasteiger partial charge in [0, 0.05) is 12.6 Å². The first-order chi connectivity index (χ1) is 8.52. The molecule has 2 rings (SSSR count). The second-order valence-electron chi connectivity index (χ2n) is 4.13. The minimum Gasteiger partial charge on any atom is -0.437 e. The Hall–Kier alpha value is -2.04. The van der Waals surface area contributed by atoms with Crippen molar-refractivity contribution in [2.45, 2.75) is 27.3 Å². The molecule has 4 nitrogen and oxygen atoms in total. The van der Waals surface area contributed by atoms with E-state index in [4.69, 9.17) is 10.5 Å². The summed E-state index contributed by atoms with van der Waals surface area (Å²) in [6.45, 7) is 6.09. The quantitative estimate of drug-likeness (QED) is 0.909. The van der Waals surface area contributed by atoms with E-state index in [2.05, 4.69) is 5.10 Å². The van der Waals surface area contributed by atoms with Crippen molar-refractivity contribution >= 4 is 5.69 Å². The van der Waals surface area contributed by atoms with E-state index in [1.165, 1.54) is 6.07 Å². The number of anilines is 1. The van der Waals surface area contributed by atoms with Crippen LogP contribution in [0.2, 0.25) is 0 Å². The second kappa shape index (κ2) is 4.68. The standard InChI is InChI=1S/C13H16FN3O/c1-4-17-13(12(15)9(3)16-17)18-10-6-5-8(2)11(14)7-10/h5-7H,4,15H2,1-3H3. The highest BCUT2D eigenvalue weighted by atomic mass is 19.1. The number of hydrogen-bond donors (Lipinski definition) is 1. The van der Waals surface area contributed by atoms with Crippen LogP contribution in [0.3, 0.4) is 0 Å². The van der Waals surface area contributed by atoms with Crippen LogP contribution in [0, 0.1) is 19.7 Å². The lowest BCUT2D eigenvalue weighted by Crippen LogP contribution is -2.01. The molecule has 0 aliphatic rings. The van der Waals surface area contributed by atoms with Crippen molar-refractivity contribution in [3.63, 3.8) is 0 Å². The van der Waals surface area contributed by atoms with Crippen LogP contribution in [-0.4, -0.2) is 9.78 Å². The molecule has 18 heavy (non-hydrogen) atoms. The third-order valence-corrected chi connectivity index (χ3v) is 2.78. The van der Waals surface area contributed by atoms with Gasteiger partial charge in [-0.25, -0.2) is 9.07 Å². The Morgan fingerprint density at radius 1 is 1.39 bits per heavy atom. The molecule has 2 aromatic rings. The molecule has 0 atom stereocenters. The molecule has 0 spiro atoms. The third-order valence-electron chi connectivity index (χ3n) is 2.78. The van der Waals surface area contributed by atoms with E-state index in [1.54, 1.807) is 23.7 Å². The number of aryl methyl sites for hydroxylation is 3. The summed E-state index contributed by atoms with van der Waals surface area (Å²) >= 11 is 0. The number of halogens is 1. The normalized spacial score (nSPS) is 10.7. The maximum atomic E-state index is 13.4. The number of nitrogens with zero attached hydrogens (tertiary/aromatic N) is 2. The predicted octanol–water partition coefficient (Wildman–Crippen LogP) is 3.03. The number of benzene rings is 1. The molecule has 0 aliphatic carbocycles. The van der Waals surface area contributed by atoms with Gasteiger partial charge in [0.05, 0.1) is 5.69 Å². The molecule has 2 N–H and O–H groups in total. The first kappa shape index (κ1) is 12.4. The van der Waals surface area contributed by atoms with Crippen LogP contribution in [-0.2, 0) is 6.54 Å². The van der Waals surface area contributed by atoms with Crippen molar-refractivity contribution in [1.29, 1.82) is 0 Å². The van der Waals surface area contributed by atoms with Gasteiger partial charge >= 0.3 is 0 Å². The number of aromatic nitrogens is 2. The summed E-state index contributed by atoms with van der Waals surface area (Å²) in [5.74, 6) is 0.572. The molecule has 0 radical (unpaired) electrons. The van der Waals surface area contributed by atoms with E-state index < -0.39 is 0 Å². The molecule has 0 saturated carbocycles. The van der Waals surface area contributed by atoms with Crippen molar-refractivity contribution in [3.8, 4) is 11.6 Å². The van der Waals surface area contributed by atoms with Gasteiger partial charge in [-0.05, 0) is 32.4 Å². The number of hydrogen-bond acceptors (Lipinski definition) is 3. The molecule has 1 aromatic heterocycles. The van der Waals surface area contributed by atoms with Crippen LogP contribution < -0.4 is 10.5 Å². The maximum absolute atomic E-state index is 13.4. The van der Waals surface area contributed by atoms with E-state index in [1.807, 2.05) is 13.8 Å². The molecule has 0 aliphatic heterocycles. The van der Waals surface area contributed by atoms with Crippen LogP contribution in [0.5, 0.6) is 11.6 Å². The zero-order chi connectivity index (χ0) is 13.3. The molecule has 0 saturated heterocycles. The fraction of sp³-hybridized carbons (Fsp3) is 0.308. The lowest BCUT2D eigenvalue weighted by molar-refractivity contribution is 0.415. The minimum atomic E-state index is -0.301. The topological polar surface area (TPSA) is 53.1 Å². The summed E-state index contributed by atoms with van der Waals surface area (Å²) in [5, 5.41) is 4.24. The second-order valence-corrected chi connectivity index (χ2v) is 4.13. The van der Waals surface area contributed by atoms with E-state index in [-0.39, 0.29) is 5.82 Å². The zero-order valence-corrected chi connectivity index (χ0v) is 10.7. The van der Waals surface area contributed by atoms with Gasteiger partial charge in [0.1, 0.15) is 17.3 Å². The van der Waals surface area contributed by atoms with Gasteiger partial charge in [-0.15, -0.1) is 0 Å². The van der Waals surface area contributed by atoms with Crippen molar-refractivity contribution in [3.05, 3.63) is 35.3 Å². The highest BCUT2D eigenvalue weighted by Crippen LogP contribution is 2.30. The van der Waals surface area contributed by atoms with Gasteiger partial charge in [0.2, 0.25) is 5.88 Å². The Morgan fingerprint density at radius 3 is 2.72 bits per heavy atom. The SMILES string of the molecule is CCn1nc(C)c(N)c1Oc1ccc(C)c(F)c1. The summed E-state index contributed by atoms with van der Waals surface area (Å²) in [5.41, 5.74) is 7.66. The van der Waals surface area contributed by atoms with Gasteiger partial charge in [0.15, 0.2) is 0 Å². The average Bonchev–Trinajstić information content (AvgIpc) is 2.61. The molecular formula is C13H16FN3O. The third kappa shape index (κ3) is 2.16. The average molecular weight is 249 g/mol. The predicted molar refractivity (Wildman–Crippen MR) is 68.3 cm³/mol. The van der Waals surface area contributed by atoms with Gasteiger partial charge in [-0.2, -0.15) is 5.10 Å². The van der Waals surface area contributed by atoms with E-state index in [9.17, 15) is 4.39 Å². The Labute approximate surface area is 105 Å². The lowest BCUT2D eigenvalue weighted by Gasteiger charge is -2.08. The summed E-state index contributed by atoms with van der Waals surface area (Å²) in [4.78, 5) is 0. The first-order valence-corrected chi connectivity index (χ1v) is 5.79. The molecule has 0 bridgehead atoms. The summed E-state index contributed by atoms with van der Waals surface area (Å²) in [7, 11) is 0. The van der Waals surface area contributed by atoms with E-state index in [0.717, 1.165) is 0 Å². The van der Waals surface area contributed by atoms with Crippen molar-refractivity contribution in [2.24, 2.45) is 0 Å². The summed E-state index contributed by atoms with van der Waals surface area (Å²) < 4.78 is 20.7. The molecule has 96 valence electrons. The van der Waals surface area contributed by atoms with Gasteiger partial charge in [-0.3, -0.25) is 0 Å². The van der Waals surface area contributed by atoms with Gasteiger partial charge in [0.25, 0.3) is 0 Å². The highest BCUT2D eigenvalue weighted by molar-refractivity contribution is 5.54.